The Bertz CT molecular complexity index is 801. The number of hydrogen-bond donors (Lipinski definition) is 0. The number of carbonyl (C=O) groups is 1. The van der Waals surface area contributed by atoms with Crippen molar-refractivity contribution in [1.29, 1.82) is 0 Å². The lowest BCUT2D eigenvalue weighted by atomic mass is 9.70. The van der Waals surface area contributed by atoms with Crippen molar-refractivity contribution in [2.45, 2.75) is 18.8 Å². The fourth-order valence-electron chi connectivity index (χ4n) is 3.61. The van der Waals surface area contributed by atoms with Gasteiger partial charge in [0.1, 0.15) is 0 Å². The standard InChI is InChI=1S/C19H15NO/c1-13-19(16-9-5-6-10-18(16)20-13)12-15(21)11-17(19)14-7-3-2-4-8-14/h2-11H,12H2,1H3/t19-/m0/s1. The third-order valence-electron chi connectivity index (χ3n) is 4.56. The first-order valence-electron chi connectivity index (χ1n) is 7.17. The molecule has 0 saturated heterocycles. The fourth-order valence-corrected chi connectivity index (χ4v) is 3.61. The molecule has 1 heterocycles. The molecule has 2 heteroatoms. The van der Waals surface area contributed by atoms with Gasteiger partial charge in [0.15, 0.2) is 5.78 Å². The van der Waals surface area contributed by atoms with Gasteiger partial charge in [-0.1, -0.05) is 48.5 Å². The highest BCUT2D eigenvalue weighted by Gasteiger charge is 2.49. The fraction of sp³-hybridized carbons (Fsp3) is 0.158. The third-order valence-corrected chi connectivity index (χ3v) is 4.56. The summed E-state index contributed by atoms with van der Waals surface area (Å²) in [5.41, 5.74) is 4.99. The van der Waals surface area contributed by atoms with Gasteiger partial charge >= 0.3 is 0 Å². The number of benzene rings is 2. The van der Waals surface area contributed by atoms with E-state index in [1.807, 2.05) is 43.3 Å². The van der Waals surface area contributed by atoms with E-state index in [0.29, 0.717) is 6.42 Å². The molecule has 4 rings (SSSR count). The van der Waals surface area contributed by atoms with Crippen LogP contribution in [0.3, 0.4) is 0 Å². The molecule has 102 valence electrons. The van der Waals surface area contributed by atoms with E-state index in [1.165, 1.54) is 0 Å². The predicted octanol–water partition coefficient (Wildman–Crippen LogP) is 4.09. The van der Waals surface area contributed by atoms with Gasteiger partial charge < -0.3 is 0 Å². The van der Waals surface area contributed by atoms with Crippen molar-refractivity contribution in [2.75, 3.05) is 0 Å². The van der Waals surface area contributed by atoms with Crippen molar-refractivity contribution in [2.24, 2.45) is 4.99 Å². The van der Waals surface area contributed by atoms with Gasteiger partial charge in [-0.05, 0) is 35.8 Å². The summed E-state index contributed by atoms with van der Waals surface area (Å²) >= 11 is 0. The molecule has 2 aromatic carbocycles. The van der Waals surface area contributed by atoms with E-state index in [0.717, 1.165) is 28.1 Å². The minimum atomic E-state index is -0.366. The Kier molecular flexibility index (Phi) is 2.49. The topological polar surface area (TPSA) is 29.4 Å². The summed E-state index contributed by atoms with van der Waals surface area (Å²) in [4.78, 5) is 16.9. The summed E-state index contributed by atoms with van der Waals surface area (Å²) in [5, 5.41) is 0. The molecule has 21 heavy (non-hydrogen) atoms. The van der Waals surface area contributed by atoms with Crippen LogP contribution in [-0.2, 0) is 10.2 Å². The van der Waals surface area contributed by atoms with Crippen LogP contribution >= 0.6 is 0 Å². The first-order valence-corrected chi connectivity index (χ1v) is 7.17. The molecule has 0 aromatic heterocycles. The number of rotatable bonds is 1. The lowest BCUT2D eigenvalue weighted by molar-refractivity contribution is -0.114. The zero-order valence-electron chi connectivity index (χ0n) is 11.8. The molecule has 0 unspecified atom stereocenters. The largest absolute Gasteiger partial charge is 0.295 e. The first kappa shape index (κ1) is 12.3. The van der Waals surface area contributed by atoms with Gasteiger partial charge in [0.25, 0.3) is 0 Å². The molecule has 1 aliphatic carbocycles. The Hall–Kier alpha value is -2.48. The van der Waals surface area contributed by atoms with Gasteiger partial charge in [0.2, 0.25) is 0 Å². The van der Waals surface area contributed by atoms with Crippen molar-refractivity contribution in [3.05, 3.63) is 71.8 Å². The summed E-state index contributed by atoms with van der Waals surface area (Å²) in [6.45, 7) is 2.04. The second-order valence-corrected chi connectivity index (χ2v) is 5.69. The average Bonchev–Trinajstić information content (AvgIpc) is 3.00. The van der Waals surface area contributed by atoms with Crippen LogP contribution in [0.5, 0.6) is 0 Å². The highest BCUT2D eigenvalue weighted by molar-refractivity contribution is 6.20. The average molecular weight is 273 g/mol. The van der Waals surface area contributed by atoms with Crippen LogP contribution in [0.25, 0.3) is 5.57 Å². The molecule has 2 aliphatic rings. The molecule has 1 spiro atoms. The van der Waals surface area contributed by atoms with Crippen LogP contribution < -0.4 is 0 Å². The van der Waals surface area contributed by atoms with Gasteiger partial charge in [-0.15, -0.1) is 0 Å². The van der Waals surface area contributed by atoms with Crippen LogP contribution in [0.1, 0.15) is 24.5 Å². The van der Waals surface area contributed by atoms with Crippen LogP contribution in [0, 0.1) is 0 Å². The van der Waals surface area contributed by atoms with Crippen molar-refractivity contribution >= 4 is 22.8 Å². The van der Waals surface area contributed by atoms with Crippen LogP contribution in [0.2, 0.25) is 0 Å². The summed E-state index contributed by atoms with van der Waals surface area (Å²) in [6, 6.07) is 18.3. The number of nitrogens with zero attached hydrogens (tertiary/aromatic N) is 1. The number of para-hydroxylation sites is 1. The zero-order valence-corrected chi connectivity index (χ0v) is 11.8. The molecule has 0 radical (unpaired) electrons. The summed E-state index contributed by atoms with van der Waals surface area (Å²) in [5.74, 6) is 0.181. The van der Waals surface area contributed by atoms with Crippen LogP contribution in [0.4, 0.5) is 5.69 Å². The van der Waals surface area contributed by atoms with Crippen molar-refractivity contribution in [3.8, 4) is 0 Å². The number of allylic oxidation sites excluding steroid dienone is 2. The van der Waals surface area contributed by atoms with Crippen LogP contribution in [-0.4, -0.2) is 11.5 Å². The molecule has 2 nitrogen and oxygen atoms in total. The second-order valence-electron chi connectivity index (χ2n) is 5.69. The van der Waals surface area contributed by atoms with E-state index >= 15 is 0 Å². The minimum absolute atomic E-state index is 0.181. The van der Waals surface area contributed by atoms with Gasteiger partial charge in [0, 0.05) is 12.1 Å². The first-order chi connectivity index (χ1) is 10.2. The second kappa shape index (κ2) is 4.26. The number of hydrogen-bond acceptors (Lipinski definition) is 2. The van der Waals surface area contributed by atoms with Crippen molar-refractivity contribution in [1.82, 2.24) is 0 Å². The quantitative estimate of drug-likeness (QED) is 0.769. The molecule has 2 aromatic rings. The SMILES string of the molecule is CC1=Nc2ccccc2[C@]12CC(=O)C=C2c1ccccc1. The maximum absolute atomic E-state index is 12.2. The molecule has 1 aliphatic heterocycles. The lowest BCUT2D eigenvalue weighted by Gasteiger charge is -2.29. The summed E-state index contributed by atoms with van der Waals surface area (Å²) < 4.78 is 0. The molecule has 0 N–H and O–H groups in total. The molecule has 0 saturated carbocycles. The summed E-state index contributed by atoms with van der Waals surface area (Å²) in [6.07, 6.45) is 2.29. The normalized spacial score (nSPS) is 23.2. The Labute approximate surface area is 123 Å². The van der Waals surface area contributed by atoms with E-state index in [-0.39, 0.29) is 11.2 Å². The van der Waals surface area contributed by atoms with Gasteiger partial charge in [-0.3, -0.25) is 9.79 Å². The molecule has 0 bridgehead atoms. The van der Waals surface area contributed by atoms with Crippen LogP contribution in [0.15, 0.2) is 65.7 Å². The van der Waals surface area contributed by atoms with Crippen molar-refractivity contribution < 1.29 is 4.79 Å². The van der Waals surface area contributed by atoms with Gasteiger partial charge in [-0.2, -0.15) is 0 Å². The highest BCUT2D eigenvalue weighted by Crippen LogP contribution is 2.53. The highest BCUT2D eigenvalue weighted by atomic mass is 16.1. The number of aliphatic imine (C=N–C) groups is 1. The Morgan fingerprint density at radius 1 is 1.00 bits per heavy atom. The summed E-state index contributed by atoms with van der Waals surface area (Å²) in [7, 11) is 0. The van der Waals surface area contributed by atoms with E-state index in [9.17, 15) is 4.79 Å². The molecular weight excluding hydrogens is 258 g/mol. The zero-order chi connectivity index (χ0) is 14.4. The Balaban J connectivity index is 1.98. The predicted molar refractivity (Wildman–Crippen MR) is 84.9 cm³/mol. The molecule has 0 amide bonds. The number of carbonyl (C=O) groups excluding carboxylic acids is 1. The van der Waals surface area contributed by atoms with E-state index in [2.05, 4.69) is 18.2 Å². The monoisotopic (exact) mass is 273 g/mol. The maximum Gasteiger partial charge on any atom is 0.157 e. The maximum atomic E-state index is 12.2. The molecule has 1 atom stereocenters. The smallest absolute Gasteiger partial charge is 0.157 e. The Morgan fingerprint density at radius 2 is 1.71 bits per heavy atom. The number of ketones is 1. The number of fused-ring (bicyclic) bond motifs is 2. The molecular formula is C19H15NO. The van der Waals surface area contributed by atoms with E-state index < -0.39 is 0 Å². The third kappa shape index (κ3) is 1.59. The van der Waals surface area contributed by atoms with E-state index in [4.69, 9.17) is 4.99 Å². The lowest BCUT2D eigenvalue weighted by Crippen LogP contribution is -2.31. The minimum Gasteiger partial charge on any atom is -0.295 e. The Morgan fingerprint density at radius 3 is 2.52 bits per heavy atom. The molecule has 0 fully saturated rings. The van der Waals surface area contributed by atoms with Gasteiger partial charge in [-0.25, -0.2) is 0 Å². The van der Waals surface area contributed by atoms with Crippen molar-refractivity contribution in [3.63, 3.8) is 0 Å². The van der Waals surface area contributed by atoms with Gasteiger partial charge in [0.05, 0.1) is 11.1 Å². The van der Waals surface area contributed by atoms with E-state index in [1.54, 1.807) is 6.08 Å².